The summed E-state index contributed by atoms with van der Waals surface area (Å²) in [4.78, 5) is 15.3. The van der Waals surface area contributed by atoms with Crippen LogP contribution in [0.1, 0.15) is 0 Å². The molecule has 0 aliphatic heterocycles. The fourth-order valence-corrected chi connectivity index (χ4v) is 2.96. The molecule has 1 heterocycles. The van der Waals surface area contributed by atoms with E-state index >= 15 is 0 Å². The van der Waals surface area contributed by atoms with Gasteiger partial charge < -0.3 is 10.1 Å². The van der Waals surface area contributed by atoms with Crippen LogP contribution in [0.4, 0.5) is 5.82 Å². The molecule has 3 aromatic carbocycles. The molecular weight excluding hydrogens is 312 g/mol. The molecule has 0 saturated carbocycles. The third-order valence-electron chi connectivity index (χ3n) is 4.16. The summed E-state index contributed by atoms with van der Waals surface area (Å²) in [5.41, 5.74) is 3.61. The van der Waals surface area contributed by atoms with Gasteiger partial charge in [-0.2, -0.15) is 0 Å². The molecule has 0 bridgehead atoms. The van der Waals surface area contributed by atoms with Gasteiger partial charge in [0.1, 0.15) is 0 Å². The lowest BCUT2D eigenvalue weighted by Crippen LogP contribution is -1.96. The molecule has 0 N–H and O–H groups in total. The topological polar surface area (TPSA) is 56.0 Å². The van der Waals surface area contributed by atoms with Crippen LogP contribution in [0.5, 0.6) is 0 Å². The first-order valence-corrected chi connectivity index (χ1v) is 7.92. The highest BCUT2D eigenvalue weighted by atomic mass is 16.6. The van der Waals surface area contributed by atoms with E-state index in [-0.39, 0.29) is 5.82 Å². The van der Waals surface area contributed by atoms with Crippen LogP contribution in [0, 0.1) is 10.1 Å². The molecule has 0 unspecified atom stereocenters. The Labute approximate surface area is 144 Å². The van der Waals surface area contributed by atoms with Crippen molar-refractivity contribution in [1.29, 1.82) is 0 Å². The van der Waals surface area contributed by atoms with Gasteiger partial charge in [-0.05, 0) is 44.6 Å². The molecule has 4 rings (SSSR count). The van der Waals surface area contributed by atoms with Gasteiger partial charge in [-0.15, -0.1) is 0 Å². The number of hydrogen-bond acceptors (Lipinski definition) is 3. The first kappa shape index (κ1) is 15.0. The van der Waals surface area contributed by atoms with Crippen molar-refractivity contribution < 1.29 is 4.92 Å². The predicted molar refractivity (Wildman–Crippen MR) is 99.3 cm³/mol. The summed E-state index contributed by atoms with van der Waals surface area (Å²) in [5, 5.41) is 12.8. The van der Waals surface area contributed by atoms with Gasteiger partial charge in [0.25, 0.3) is 0 Å². The monoisotopic (exact) mass is 326 g/mol. The Kier molecular flexibility index (Phi) is 3.71. The smallest absolute Gasteiger partial charge is 0.358 e. The number of hydrogen-bond donors (Lipinski definition) is 0. The lowest BCUT2D eigenvalue weighted by atomic mass is 10.0. The summed E-state index contributed by atoms with van der Waals surface area (Å²) in [6, 6.07) is 27.1. The van der Waals surface area contributed by atoms with Gasteiger partial charge >= 0.3 is 5.82 Å². The van der Waals surface area contributed by atoms with Gasteiger partial charge in [-0.25, -0.2) is 0 Å². The number of rotatable bonds is 3. The third-order valence-corrected chi connectivity index (χ3v) is 4.16. The Morgan fingerprint density at radius 1 is 0.720 bits per heavy atom. The van der Waals surface area contributed by atoms with E-state index in [1.807, 2.05) is 72.8 Å². The Hall–Kier alpha value is -3.53. The van der Waals surface area contributed by atoms with Crippen molar-refractivity contribution in [2.24, 2.45) is 0 Å². The van der Waals surface area contributed by atoms with Crippen molar-refractivity contribution >= 4 is 16.6 Å². The Morgan fingerprint density at radius 2 is 1.40 bits per heavy atom. The molecule has 0 fully saturated rings. The van der Waals surface area contributed by atoms with E-state index in [1.165, 1.54) is 0 Å². The molecule has 0 radical (unpaired) electrons. The predicted octanol–water partition coefficient (Wildman–Crippen LogP) is 5.48. The molecule has 120 valence electrons. The first-order valence-electron chi connectivity index (χ1n) is 7.92. The molecule has 4 heteroatoms. The van der Waals surface area contributed by atoms with Crippen molar-refractivity contribution in [3.8, 4) is 22.4 Å². The molecule has 0 spiro atoms. The highest BCUT2D eigenvalue weighted by Gasteiger charge is 2.18. The fourth-order valence-electron chi connectivity index (χ4n) is 2.96. The van der Waals surface area contributed by atoms with Gasteiger partial charge in [0.05, 0.1) is 5.39 Å². The molecule has 0 atom stereocenters. The standard InChI is InChI=1S/C21H14N2O2/c24-23(25)21-19-12-5-4-9-17(19)14-20(22-21)18-11-6-10-16(13-18)15-7-2-1-3-8-15/h1-14H. The van der Waals surface area contributed by atoms with Crippen LogP contribution in [0.25, 0.3) is 33.2 Å². The Morgan fingerprint density at radius 3 is 2.20 bits per heavy atom. The van der Waals surface area contributed by atoms with Crippen LogP contribution >= 0.6 is 0 Å². The Bertz CT molecular complexity index is 1080. The maximum atomic E-state index is 11.4. The average molecular weight is 326 g/mol. The van der Waals surface area contributed by atoms with Crippen LogP contribution < -0.4 is 0 Å². The second kappa shape index (κ2) is 6.17. The summed E-state index contributed by atoms with van der Waals surface area (Å²) in [6.45, 7) is 0. The lowest BCUT2D eigenvalue weighted by molar-refractivity contribution is -0.387. The fraction of sp³-hybridized carbons (Fsp3) is 0. The largest absolute Gasteiger partial charge is 0.371 e. The number of fused-ring (bicyclic) bond motifs is 1. The van der Waals surface area contributed by atoms with Crippen LogP contribution in [0.3, 0.4) is 0 Å². The van der Waals surface area contributed by atoms with Gasteiger partial charge in [-0.3, -0.25) is 0 Å². The van der Waals surface area contributed by atoms with E-state index < -0.39 is 4.92 Å². The van der Waals surface area contributed by atoms with Crippen LogP contribution in [0.15, 0.2) is 84.9 Å². The highest BCUT2D eigenvalue weighted by Crippen LogP contribution is 2.31. The van der Waals surface area contributed by atoms with Gasteiger partial charge in [0.2, 0.25) is 0 Å². The quantitative estimate of drug-likeness (QED) is 0.370. The molecule has 0 aliphatic rings. The molecule has 25 heavy (non-hydrogen) atoms. The van der Waals surface area contributed by atoms with Crippen molar-refractivity contribution in [1.82, 2.24) is 4.98 Å². The average Bonchev–Trinajstić information content (AvgIpc) is 2.68. The zero-order valence-corrected chi connectivity index (χ0v) is 13.3. The highest BCUT2D eigenvalue weighted by molar-refractivity contribution is 5.92. The van der Waals surface area contributed by atoms with Crippen molar-refractivity contribution in [3.63, 3.8) is 0 Å². The minimum atomic E-state index is -0.424. The molecule has 1 aromatic heterocycles. The van der Waals surface area contributed by atoms with E-state index in [2.05, 4.69) is 4.98 Å². The molecule has 0 saturated heterocycles. The number of nitro groups is 1. The molecule has 0 aliphatic carbocycles. The second-order valence-corrected chi connectivity index (χ2v) is 5.76. The minimum absolute atomic E-state index is 0.113. The molecule has 4 aromatic rings. The van der Waals surface area contributed by atoms with Crippen molar-refractivity contribution in [3.05, 3.63) is 95.0 Å². The summed E-state index contributed by atoms with van der Waals surface area (Å²) >= 11 is 0. The molecule has 4 nitrogen and oxygen atoms in total. The van der Waals surface area contributed by atoms with Crippen LogP contribution in [0.2, 0.25) is 0 Å². The van der Waals surface area contributed by atoms with Gasteiger partial charge in [0.15, 0.2) is 5.69 Å². The SMILES string of the molecule is O=[N+]([O-])c1nc(-c2cccc(-c3ccccc3)c2)cc2ccccc12. The maximum Gasteiger partial charge on any atom is 0.371 e. The Balaban J connectivity index is 1.89. The number of aromatic nitrogens is 1. The normalized spacial score (nSPS) is 10.7. The number of benzene rings is 3. The summed E-state index contributed by atoms with van der Waals surface area (Å²) in [5.74, 6) is -0.113. The van der Waals surface area contributed by atoms with Gasteiger partial charge in [0, 0.05) is 5.56 Å². The van der Waals surface area contributed by atoms with E-state index in [0.29, 0.717) is 11.1 Å². The van der Waals surface area contributed by atoms with Crippen LogP contribution in [-0.4, -0.2) is 9.91 Å². The molecule has 0 amide bonds. The zero-order chi connectivity index (χ0) is 17.2. The lowest BCUT2D eigenvalue weighted by Gasteiger charge is -2.05. The van der Waals surface area contributed by atoms with E-state index in [4.69, 9.17) is 0 Å². The number of nitrogens with zero attached hydrogens (tertiary/aromatic N) is 2. The van der Waals surface area contributed by atoms with Crippen molar-refractivity contribution in [2.45, 2.75) is 0 Å². The second-order valence-electron chi connectivity index (χ2n) is 5.76. The summed E-state index contributed by atoms with van der Waals surface area (Å²) < 4.78 is 0. The molecular formula is C21H14N2O2. The third kappa shape index (κ3) is 2.85. The zero-order valence-electron chi connectivity index (χ0n) is 13.3. The van der Waals surface area contributed by atoms with Crippen molar-refractivity contribution in [2.75, 3.05) is 0 Å². The summed E-state index contributed by atoms with van der Waals surface area (Å²) in [6.07, 6.45) is 0. The van der Waals surface area contributed by atoms with E-state index in [1.54, 1.807) is 12.1 Å². The van der Waals surface area contributed by atoms with Crippen LogP contribution in [-0.2, 0) is 0 Å². The maximum absolute atomic E-state index is 11.4. The summed E-state index contributed by atoms with van der Waals surface area (Å²) in [7, 11) is 0. The minimum Gasteiger partial charge on any atom is -0.358 e. The van der Waals surface area contributed by atoms with E-state index in [0.717, 1.165) is 22.1 Å². The number of pyridine rings is 1. The first-order chi connectivity index (χ1) is 12.2. The van der Waals surface area contributed by atoms with Gasteiger partial charge in [-0.1, -0.05) is 66.7 Å². The van der Waals surface area contributed by atoms with E-state index in [9.17, 15) is 10.1 Å².